The molecular formula is C24H31N3O3S2. The summed E-state index contributed by atoms with van der Waals surface area (Å²) >= 11 is 1.57. The summed E-state index contributed by atoms with van der Waals surface area (Å²) in [7, 11) is -3.63. The Hall–Kier alpha value is -1.87. The summed E-state index contributed by atoms with van der Waals surface area (Å²) in [6.07, 6.45) is 1.95. The number of piperidine rings is 1. The van der Waals surface area contributed by atoms with Crippen LogP contribution in [0.3, 0.4) is 0 Å². The molecule has 172 valence electrons. The molecule has 0 spiro atoms. The maximum absolute atomic E-state index is 12.9. The number of amides is 1. The lowest BCUT2D eigenvalue weighted by Crippen LogP contribution is -2.38. The summed E-state index contributed by atoms with van der Waals surface area (Å²) in [5.74, 6) is 0.834. The normalized spacial score (nSPS) is 20.4. The van der Waals surface area contributed by atoms with Crippen molar-refractivity contribution in [3.05, 3.63) is 53.6 Å². The Morgan fingerprint density at radius 1 is 1.12 bits per heavy atom. The minimum atomic E-state index is -3.63. The molecule has 32 heavy (non-hydrogen) atoms. The molecule has 0 aromatic heterocycles. The SMILES string of the molecule is Cc1ccc(CN2CCC(CNS(=O)(=O)c3ccc4c(c3)NC(=O)[C@@H](C)CS4)CC2)cc1. The topological polar surface area (TPSA) is 78.5 Å². The van der Waals surface area contributed by atoms with Crippen LogP contribution in [0.25, 0.3) is 0 Å². The van der Waals surface area contributed by atoms with Gasteiger partial charge in [0.15, 0.2) is 0 Å². The van der Waals surface area contributed by atoms with Crippen molar-refractivity contribution in [2.75, 3.05) is 30.7 Å². The molecule has 1 fully saturated rings. The number of hydrogen-bond acceptors (Lipinski definition) is 5. The van der Waals surface area contributed by atoms with Crippen LogP contribution in [0.15, 0.2) is 52.3 Å². The summed E-state index contributed by atoms with van der Waals surface area (Å²) < 4.78 is 28.6. The van der Waals surface area contributed by atoms with E-state index < -0.39 is 10.0 Å². The summed E-state index contributed by atoms with van der Waals surface area (Å²) in [6, 6.07) is 13.6. The zero-order chi connectivity index (χ0) is 22.7. The Bertz CT molecular complexity index is 1060. The number of carbonyl (C=O) groups excluding carboxylic acids is 1. The second-order valence-corrected chi connectivity index (χ2v) is 11.7. The van der Waals surface area contributed by atoms with Crippen LogP contribution in [0.1, 0.15) is 30.9 Å². The predicted molar refractivity (Wildman–Crippen MR) is 129 cm³/mol. The summed E-state index contributed by atoms with van der Waals surface area (Å²) in [5, 5.41) is 2.86. The molecule has 0 saturated carbocycles. The first-order chi connectivity index (χ1) is 15.3. The number of aryl methyl sites for hydroxylation is 1. The number of nitrogens with one attached hydrogen (secondary N) is 2. The average molecular weight is 474 g/mol. The predicted octanol–water partition coefficient (Wildman–Crippen LogP) is 3.87. The van der Waals surface area contributed by atoms with Crippen molar-refractivity contribution in [2.45, 2.75) is 43.0 Å². The molecule has 1 atom stereocenters. The molecule has 0 bridgehead atoms. The second kappa shape index (κ2) is 9.95. The highest BCUT2D eigenvalue weighted by atomic mass is 32.2. The number of thioether (sulfide) groups is 1. The van der Waals surface area contributed by atoms with Crippen LogP contribution < -0.4 is 10.0 Å². The number of rotatable bonds is 6. The molecule has 2 heterocycles. The molecule has 2 aliphatic rings. The highest BCUT2D eigenvalue weighted by Gasteiger charge is 2.25. The number of sulfonamides is 1. The molecule has 0 radical (unpaired) electrons. The lowest BCUT2D eigenvalue weighted by molar-refractivity contribution is -0.118. The fraction of sp³-hybridized carbons (Fsp3) is 0.458. The monoisotopic (exact) mass is 473 g/mol. The second-order valence-electron chi connectivity index (χ2n) is 8.92. The van der Waals surface area contributed by atoms with E-state index in [0.29, 0.717) is 23.9 Å². The first-order valence-corrected chi connectivity index (χ1v) is 13.6. The Balaban J connectivity index is 1.31. The van der Waals surface area contributed by atoms with E-state index in [9.17, 15) is 13.2 Å². The van der Waals surface area contributed by atoms with Crippen molar-refractivity contribution in [3.63, 3.8) is 0 Å². The van der Waals surface area contributed by atoms with Gasteiger partial charge in [-0.3, -0.25) is 9.69 Å². The molecule has 2 aromatic rings. The Morgan fingerprint density at radius 3 is 2.56 bits per heavy atom. The quantitative estimate of drug-likeness (QED) is 0.666. The van der Waals surface area contributed by atoms with E-state index in [2.05, 4.69) is 46.1 Å². The van der Waals surface area contributed by atoms with Crippen molar-refractivity contribution >= 4 is 33.4 Å². The van der Waals surface area contributed by atoms with Gasteiger partial charge in [0, 0.05) is 29.7 Å². The van der Waals surface area contributed by atoms with Crippen LogP contribution >= 0.6 is 11.8 Å². The summed E-state index contributed by atoms with van der Waals surface area (Å²) in [6.45, 7) is 7.30. The standard InChI is InChI=1S/C24H31N3O3S2/c1-17-3-5-20(6-4-17)15-27-11-9-19(10-12-27)14-25-32(29,30)21-7-8-23-22(13-21)26-24(28)18(2)16-31-23/h3-8,13,18-19,25H,9-12,14-16H2,1-2H3,(H,26,28)/t18-/m0/s1. The van der Waals surface area contributed by atoms with E-state index in [-0.39, 0.29) is 16.7 Å². The van der Waals surface area contributed by atoms with Gasteiger partial charge in [-0.15, -0.1) is 11.8 Å². The number of fused-ring (bicyclic) bond motifs is 1. The number of hydrogen-bond donors (Lipinski definition) is 2. The molecular weight excluding hydrogens is 442 g/mol. The van der Waals surface area contributed by atoms with Gasteiger partial charge in [-0.1, -0.05) is 36.8 Å². The largest absolute Gasteiger partial charge is 0.325 e. The van der Waals surface area contributed by atoms with Gasteiger partial charge in [-0.2, -0.15) is 0 Å². The van der Waals surface area contributed by atoms with Gasteiger partial charge in [0.25, 0.3) is 0 Å². The highest BCUT2D eigenvalue weighted by molar-refractivity contribution is 7.99. The van der Waals surface area contributed by atoms with Crippen molar-refractivity contribution in [2.24, 2.45) is 11.8 Å². The molecule has 0 unspecified atom stereocenters. The first kappa shape index (κ1) is 23.3. The number of nitrogens with zero attached hydrogens (tertiary/aromatic N) is 1. The fourth-order valence-electron chi connectivity index (χ4n) is 4.06. The van der Waals surface area contributed by atoms with Crippen LogP contribution in [0.5, 0.6) is 0 Å². The minimum Gasteiger partial charge on any atom is -0.325 e. The van der Waals surface area contributed by atoms with Gasteiger partial charge in [-0.25, -0.2) is 13.1 Å². The summed E-state index contributed by atoms with van der Waals surface area (Å²) in [4.78, 5) is 15.7. The van der Waals surface area contributed by atoms with Crippen molar-refractivity contribution in [3.8, 4) is 0 Å². The van der Waals surface area contributed by atoms with E-state index in [0.717, 1.165) is 37.4 Å². The minimum absolute atomic E-state index is 0.0730. The molecule has 2 aliphatic heterocycles. The van der Waals surface area contributed by atoms with Crippen molar-refractivity contribution in [1.82, 2.24) is 9.62 Å². The Labute approximate surface area is 195 Å². The van der Waals surface area contributed by atoms with Gasteiger partial charge in [0.05, 0.1) is 10.6 Å². The number of benzene rings is 2. The maximum atomic E-state index is 12.9. The van der Waals surface area contributed by atoms with E-state index in [1.165, 1.54) is 11.1 Å². The molecule has 1 amide bonds. The summed E-state index contributed by atoms with van der Waals surface area (Å²) in [5.41, 5.74) is 3.17. The number of carbonyl (C=O) groups is 1. The Kier molecular flexibility index (Phi) is 7.24. The van der Waals surface area contributed by atoms with E-state index in [1.54, 1.807) is 30.0 Å². The molecule has 4 rings (SSSR count). The zero-order valence-electron chi connectivity index (χ0n) is 18.6. The first-order valence-electron chi connectivity index (χ1n) is 11.2. The fourth-order valence-corrected chi connectivity index (χ4v) is 6.21. The van der Waals surface area contributed by atoms with Crippen LogP contribution in [0.2, 0.25) is 0 Å². The van der Waals surface area contributed by atoms with Gasteiger partial charge in [-0.05, 0) is 62.5 Å². The van der Waals surface area contributed by atoms with Crippen LogP contribution in [0.4, 0.5) is 5.69 Å². The van der Waals surface area contributed by atoms with Crippen LogP contribution in [-0.2, 0) is 21.4 Å². The molecule has 8 heteroatoms. The number of likely N-dealkylation sites (tertiary alicyclic amines) is 1. The highest BCUT2D eigenvalue weighted by Crippen LogP contribution is 2.34. The van der Waals surface area contributed by atoms with Crippen molar-refractivity contribution < 1.29 is 13.2 Å². The lowest BCUT2D eigenvalue weighted by atomic mass is 9.97. The van der Waals surface area contributed by atoms with E-state index >= 15 is 0 Å². The van der Waals surface area contributed by atoms with Crippen molar-refractivity contribution in [1.29, 1.82) is 0 Å². The van der Waals surface area contributed by atoms with Gasteiger partial charge in [0.2, 0.25) is 15.9 Å². The molecule has 2 aromatic carbocycles. The molecule has 1 saturated heterocycles. The van der Waals surface area contributed by atoms with Crippen LogP contribution in [-0.4, -0.2) is 44.6 Å². The third-order valence-corrected chi connectivity index (χ3v) is 9.01. The average Bonchev–Trinajstić information content (AvgIpc) is 2.92. The lowest BCUT2D eigenvalue weighted by Gasteiger charge is -2.32. The van der Waals surface area contributed by atoms with E-state index in [1.807, 2.05) is 6.92 Å². The zero-order valence-corrected chi connectivity index (χ0v) is 20.3. The number of anilines is 1. The van der Waals surface area contributed by atoms with Gasteiger partial charge in [0.1, 0.15) is 0 Å². The third kappa shape index (κ3) is 5.73. The van der Waals surface area contributed by atoms with E-state index in [4.69, 9.17) is 0 Å². The molecule has 6 nitrogen and oxygen atoms in total. The smallest absolute Gasteiger partial charge is 0.240 e. The van der Waals surface area contributed by atoms with Gasteiger partial charge >= 0.3 is 0 Å². The molecule has 0 aliphatic carbocycles. The third-order valence-electron chi connectivity index (χ3n) is 6.25. The van der Waals surface area contributed by atoms with Crippen LogP contribution in [0, 0.1) is 18.8 Å². The Morgan fingerprint density at radius 2 is 1.84 bits per heavy atom. The maximum Gasteiger partial charge on any atom is 0.240 e. The molecule has 2 N–H and O–H groups in total. The van der Waals surface area contributed by atoms with Gasteiger partial charge < -0.3 is 5.32 Å².